The number of aliphatic hydroxyl groups is 1. The molecule has 2 heterocycles. The number of alkyl halides is 3. The van der Waals surface area contributed by atoms with Gasteiger partial charge >= 0.3 is 6.18 Å². The Bertz CT molecular complexity index is 633. The van der Waals surface area contributed by atoms with Gasteiger partial charge in [-0.1, -0.05) is 0 Å². The topological polar surface area (TPSA) is 75.3 Å². The minimum atomic E-state index is -4.60. The van der Waals surface area contributed by atoms with Crippen molar-refractivity contribution in [2.24, 2.45) is 0 Å². The third kappa shape index (κ3) is 2.92. The number of anilines is 1. The molecule has 0 aliphatic heterocycles. The Balaban J connectivity index is 1.83. The minimum Gasteiger partial charge on any atom is -0.393 e. The number of nitrogens with zero attached hydrogens (tertiary/aromatic N) is 4. The first kappa shape index (κ1) is 14.1. The second kappa shape index (κ2) is 5.14. The van der Waals surface area contributed by atoms with Crippen molar-refractivity contribution in [2.45, 2.75) is 44.0 Å². The Morgan fingerprint density at radius 3 is 2.52 bits per heavy atom. The molecule has 0 bridgehead atoms. The van der Waals surface area contributed by atoms with Gasteiger partial charge in [-0.05, 0) is 37.8 Å². The van der Waals surface area contributed by atoms with Crippen molar-refractivity contribution in [3.8, 4) is 0 Å². The van der Waals surface area contributed by atoms with Crippen molar-refractivity contribution in [3.63, 3.8) is 0 Å². The van der Waals surface area contributed by atoms with E-state index in [1.54, 1.807) is 6.07 Å². The summed E-state index contributed by atoms with van der Waals surface area (Å²) in [6.45, 7) is 0. The molecule has 0 radical (unpaired) electrons. The highest BCUT2D eigenvalue weighted by molar-refractivity contribution is 5.44. The molecule has 2 N–H and O–H groups in total. The lowest BCUT2D eigenvalue weighted by atomic mass is 9.93. The summed E-state index contributed by atoms with van der Waals surface area (Å²) >= 11 is 0. The van der Waals surface area contributed by atoms with E-state index < -0.39 is 12.0 Å². The maximum absolute atomic E-state index is 12.8. The average molecular weight is 301 g/mol. The highest BCUT2D eigenvalue weighted by Gasteiger charge is 2.37. The maximum atomic E-state index is 12.8. The molecular weight excluding hydrogens is 287 g/mol. The van der Waals surface area contributed by atoms with E-state index in [9.17, 15) is 18.3 Å². The molecule has 6 nitrogen and oxygen atoms in total. The number of aliphatic hydroxyl groups excluding tert-OH is 1. The molecule has 2 aromatic rings. The molecule has 0 atom stereocenters. The van der Waals surface area contributed by atoms with Gasteiger partial charge in [-0.15, -0.1) is 15.3 Å². The Hall–Kier alpha value is -1.90. The summed E-state index contributed by atoms with van der Waals surface area (Å²) in [6.07, 6.45) is -2.00. The summed E-state index contributed by atoms with van der Waals surface area (Å²) in [5.74, 6) is -0.797. The van der Waals surface area contributed by atoms with Crippen LogP contribution in [-0.2, 0) is 6.18 Å². The second-order valence-electron chi connectivity index (χ2n) is 5.16. The van der Waals surface area contributed by atoms with E-state index in [-0.39, 0.29) is 17.8 Å². The lowest BCUT2D eigenvalue weighted by Crippen LogP contribution is -2.28. The van der Waals surface area contributed by atoms with E-state index >= 15 is 0 Å². The maximum Gasteiger partial charge on any atom is 0.453 e. The van der Waals surface area contributed by atoms with Crippen molar-refractivity contribution in [2.75, 3.05) is 5.32 Å². The summed E-state index contributed by atoms with van der Waals surface area (Å²) in [4.78, 5) is 0. The van der Waals surface area contributed by atoms with Gasteiger partial charge in [0.05, 0.1) is 6.10 Å². The largest absolute Gasteiger partial charge is 0.453 e. The molecule has 1 aliphatic carbocycles. The molecule has 9 heteroatoms. The highest BCUT2D eigenvalue weighted by Crippen LogP contribution is 2.28. The lowest BCUT2D eigenvalue weighted by molar-refractivity contribution is -0.146. The van der Waals surface area contributed by atoms with Crippen LogP contribution in [0.4, 0.5) is 19.0 Å². The standard InChI is InChI=1S/C12H14F3N5O/c13-12(14,15)11-18-17-10-6-5-9(19-20(10)11)16-7-1-3-8(21)4-2-7/h5-8,21H,1-4H2,(H,16,19). The first-order valence-corrected chi connectivity index (χ1v) is 6.68. The molecule has 1 saturated carbocycles. The summed E-state index contributed by atoms with van der Waals surface area (Å²) < 4.78 is 39.0. The molecule has 1 aliphatic rings. The number of hydrogen-bond acceptors (Lipinski definition) is 5. The Morgan fingerprint density at radius 1 is 1.14 bits per heavy atom. The van der Waals surface area contributed by atoms with Crippen LogP contribution in [-0.4, -0.2) is 37.1 Å². The van der Waals surface area contributed by atoms with Crippen molar-refractivity contribution in [1.82, 2.24) is 19.8 Å². The van der Waals surface area contributed by atoms with Gasteiger partial charge in [0.2, 0.25) is 0 Å². The predicted molar refractivity (Wildman–Crippen MR) is 67.7 cm³/mol. The molecule has 0 saturated heterocycles. The number of nitrogens with one attached hydrogen (secondary N) is 1. The van der Waals surface area contributed by atoms with Crippen LogP contribution in [0.5, 0.6) is 0 Å². The third-order valence-electron chi connectivity index (χ3n) is 3.57. The first-order chi connectivity index (χ1) is 9.93. The Labute approximate surface area is 118 Å². The fourth-order valence-electron chi connectivity index (χ4n) is 2.47. The van der Waals surface area contributed by atoms with Gasteiger partial charge < -0.3 is 10.4 Å². The molecule has 114 valence electrons. The van der Waals surface area contributed by atoms with Gasteiger partial charge in [0.15, 0.2) is 5.65 Å². The van der Waals surface area contributed by atoms with Gasteiger partial charge in [-0.2, -0.15) is 17.7 Å². The van der Waals surface area contributed by atoms with E-state index in [4.69, 9.17) is 0 Å². The number of rotatable bonds is 2. The van der Waals surface area contributed by atoms with Gasteiger partial charge in [0.25, 0.3) is 5.82 Å². The van der Waals surface area contributed by atoms with Gasteiger partial charge in [0, 0.05) is 6.04 Å². The van der Waals surface area contributed by atoms with E-state index in [1.807, 2.05) is 0 Å². The van der Waals surface area contributed by atoms with Crippen molar-refractivity contribution in [3.05, 3.63) is 18.0 Å². The zero-order valence-corrected chi connectivity index (χ0v) is 11.0. The van der Waals surface area contributed by atoms with Crippen LogP contribution in [0.25, 0.3) is 5.65 Å². The molecule has 0 aromatic carbocycles. The van der Waals surface area contributed by atoms with Crippen LogP contribution in [0.2, 0.25) is 0 Å². The molecule has 0 amide bonds. The number of halogens is 3. The fraction of sp³-hybridized carbons (Fsp3) is 0.583. The lowest BCUT2D eigenvalue weighted by Gasteiger charge is -2.26. The second-order valence-corrected chi connectivity index (χ2v) is 5.16. The first-order valence-electron chi connectivity index (χ1n) is 6.68. The van der Waals surface area contributed by atoms with Crippen molar-refractivity contribution < 1.29 is 18.3 Å². The molecule has 0 unspecified atom stereocenters. The van der Waals surface area contributed by atoms with Crippen LogP contribution in [0.15, 0.2) is 12.1 Å². The van der Waals surface area contributed by atoms with E-state index in [0.717, 1.165) is 12.8 Å². The van der Waals surface area contributed by atoms with Crippen LogP contribution in [0.3, 0.4) is 0 Å². The zero-order valence-electron chi connectivity index (χ0n) is 11.0. The predicted octanol–water partition coefficient (Wildman–Crippen LogP) is 1.86. The van der Waals surface area contributed by atoms with Crippen LogP contribution < -0.4 is 5.32 Å². The molecule has 3 rings (SSSR count). The Morgan fingerprint density at radius 2 is 1.86 bits per heavy atom. The molecular formula is C12H14F3N5O. The number of aromatic nitrogens is 4. The third-order valence-corrected chi connectivity index (χ3v) is 3.57. The van der Waals surface area contributed by atoms with Gasteiger partial charge in [-0.3, -0.25) is 0 Å². The van der Waals surface area contributed by atoms with Crippen LogP contribution in [0, 0.1) is 0 Å². The molecule has 0 spiro atoms. The van der Waals surface area contributed by atoms with Gasteiger partial charge in [-0.25, -0.2) is 0 Å². The molecule has 21 heavy (non-hydrogen) atoms. The smallest absolute Gasteiger partial charge is 0.393 e. The SMILES string of the molecule is OC1CCC(Nc2ccc3nnc(C(F)(F)F)n3n2)CC1. The molecule has 2 aromatic heterocycles. The monoisotopic (exact) mass is 301 g/mol. The van der Waals surface area contributed by atoms with Crippen LogP contribution >= 0.6 is 0 Å². The Kier molecular flexibility index (Phi) is 3.44. The summed E-state index contributed by atoms with van der Waals surface area (Å²) in [5.41, 5.74) is 0.0481. The summed E-state index contributed by atoms with van der Waals surface area (Å²) in [6, 6.07) is 3.12. The van der Waals surface area contributed by atoms with Crippen molar-refractivity contribution in [1.29, 1.82) is 0 Å². The van der Waals surface area contributed by atoms with E-state index in [1.165, 1.54) is 6.07 Å². The normalized spacial score (nSPS) is 23.4. The number of fused-ring (bicyclic) bond motifs is 1. The highest BCUT2D eigenvalue weighted by atomic mass is 19.4. The van der Waals surface area contributed by atoms with Crippen molar-refractivity contribution >= 4 is 11.5 Å². The summed E-state index contributed by atoms with van der Waals surface area (Å²) in [7, 11) is 0. The van der Waals surface area contributed by atoms with Crippen LogP contribution in [0.1, 0.15) is 31.5 Å². The molecule has 1 fully saturated rings. The van der Waals surface area contributed by atoms with Gasteiger partial charge in [0.1, 0.15) is 5.82 Å². The zero-order chi connectivity index (χ0) is 15.0. The minimum absolute atomic E-state index is 0.0481. The van der Waals surface area contributed by atoms with E-state index in [0.29, 0.717) is 23.2 Å². The fourth-order valence-corrected chi connectivity index (χ4v) is 2.47. The van der Waals surface area contributed by atoms with E-state index in [2.05, 4.69) is 20.6 Å². The number of hydrogen-bond donors (Lipinski definition) is 2. The quantitative estimate of drug-likeness (QED) is 0.885. The average Bonchev–Trinajstić information content (AvgIpc) is 2.84. The summed E-state index contributed by atoms with van der Waals surface area (Å²) in [5, 5.41) is 23.0.